The number of anilines is 1. The lowest BCUT2D eigenvalue weighted by Gasteiger charge is -2.23. The van der Waals surface area contributed by atoms with Gasteiger partial charge in [-0.15, -0.1) is 0 Å². The number of rotatable bonds is 2. The van der Waals surface area contributed by atoms with Crippen LogP contribution in [0, 0.1) is 5.92 Å². The molecule has 1 aromatic carbocycles. The molecule has 1 N–H and O–H groups in total. The van der Waals surface area contributed by atoms with Crippen molar-refractivity contribution in [2.75, 3.05) is 11.4 Å². The van der Waals surface area contributed by atoms with E-state index in [0.29, 0.717) is 6.42 Å². The minimum Gasteiger partial charge on any atom is -0.481 e. The highest BCUT2D eigenvalue weighted by atomic mass is 32.1. The van der Waals surface area contributed by atoms with Crippen molar-refractivity contribution in [1.29, 1.82) is 0 Å². The maximum atomic E-state index is 11.2. The molecule has 0 bridgehead atoms. The first-order valence-electron chi connectivity index (χ1n) is 6.02. The van der Waals surface area contributed by atoms with Crippen molar-refractivity contribution in [3.8, 4) is 0 Å². The van der Waals surface area contributed by atoms with Gasteiger partial charge in [0.1, 0.15) is 5.00 Å². The first-order chi connectivity index (χ1) is 8.68. The normalized spacial score (nSPS) is 23.7. The summed E-state index contributed by atoms with van der Waals surface area (Å²) in [4.78, 5) is 13.3. The topological polar surface area (TPSA) is 53.4 Å². The van der Waals surface area contributed by atoms with Crippen molar-refractivity contribution in [2.24, 2.45) is 5.92 Å². The summed E-state index contributed by atoms with van der Waals surface area (Å²) in [5.74, 6) is -0.968. The highest BCUT2D eigenvalue weighted by Gasteiger charge is 2.36. The Hall–Kier alpha value is -1.62. The molecule has 1 aliphatic rings. The SMILES string of the molecule is CC1C(C(=O)O)CCN1c1snc2ccccc12. The van der Waals surface area contributed by atoms with E-state index in [0.717, 1.165) is 22.4 Å². The third kappa shape index (κ3) is 1.66. The zero-order valence-electron chi connectivity index (χ0n) is 10.0. The summed E-state index contributed by atoms with van der Waals surface area (Å²) in [7, 11) is 0. The van der Waals surface area contributed by atoms with Crippen molar-refractivity contribution in [1.82, 2.24) is 4.37 Å². The highest BCUT2D eigenvalue weighted by Crippen LogP contribution is 2.37. The molecule has 2 aromatic rings. The van der Waals surface area contributed by atoms with E-state index in [9.17, 15) is 9.90 Å². The van der Waals surface area contributed by atoms with Gasteiger partial charge in [-0.25, -0.2) is 0 Å². The van der Waals surface area contributed by atoms with Gasteiger partial charge in [0.2, 0.25) is 0 Å². The summed E-state index contributed by atoms with van der Waals surface area (Å²) >= 11 is 1.46. The molecule has 18 heavy (non-hydrogen) atoms. The lowest BCUT2D eigenvalue weighted by Crippen LogP contribution is -2.32. The van der Waals surface area contributed by atoms with Crippen molar-refractivity contribution in [3.05, 3.63) is 24.3 Å². The first-order valence-corrected chi connectivity index (χ1v) is 6.79. The van der Waals surface area contributed by atoms with Crippen LogP contribution in [0.25, 0.3) is 10.9 Å². The van der Waals surface area contributed by atoms with E-state index < -0.39 is 5.97 Å². The van der Waals surface area contributed by atoms with E-state index in [4.69, 9.17) is 0 Å². The fraction of sp³-hybridized carbons (Fsp3) is 0.385. The smallest absolute Gasteiger partial charge is 0.308 e. The number of benzene rings is 1. The molecule has 1 aliphatic heterocycles. The Bertz CT molecular complexity index is 595. The molecule has 0 aliphatic carbocycles. The molecule has 0 spiro atoms. The van der Waals surface area contributed by atoms with Crippen LogP contribution in [0.15, 0.2) is 24.3 Å². The summed E-state index contributed by atoms with van der Waals surface area (Å²) < 4.78 is 4.42. The fourth-order valence-corrected chi connectivity index (χ4v) is 3.62. The van der Waals surface area contributed by atoms with Gasteiger partial charge in [-0.2, -0.15) is 4.37 Å². The number of carbonyl (C=O) groups is 1. The second-order valence-electron chi connectivity index (χ2n) is 4.67. The van der Waals surface area contributed by atoms with E-state index in [-0.39, 0.29) is 12.0 Å². The molecular weight excluding hydrogens is 248 g/mol. The maximum Gasteiger partial charge on any atom is 0.308 e. The van der Waals surface area contributed by atoms with Crippen LogP contribution < -0.4 is 4.90 Å². The predicted molar refractivity (Wildman–Crippen MR) is 72.2 cm³/mol. The Labute approximate surface area is 109 Å². The largest absolute Gasteiger partial charge is 0.481 e. The Balaban J connectivity index is 1.99. The number of aromatic nitrogens is 1. The predicted octanol–water partition coefficient (Wildman–Crippen LogP) is 2.60. The van der Waals surface area contributed by atoms with E-state index >= 15 is 0 Å². The van der Waals surface area contributed by atoms with Crippen LogP contribution in [-0.4, -0.2) is 28.0 Å². The molecule has 0 amide bonds. The van der Waals surface area contributed by atoms with Crippen molar-refractivity contribution >= 4 is 33.4 Å². The molecule has 2 atom stereocenters. The summed E-state index contributed by atoms with van der Waals surface area (Å²) in [6, 6.07) is 8.04. The third-order valence-electron chi connectivity index (χ3n) is 3.70. The van der Waals surface area contributed by atoms with Crippen LogP contribution in [0.4, 0.5) is 5.00 Å². The second-order valence-corrected chi connectivity index (χ2v) is 5.42. The van der Waals surface area contributed by atoms with Crippen molar-refractivity contribution < 1.29 is 9.90 Å². The Morgan fingerprint density at radius 3 is 3.00 bits per heavy atom. The molecule has 5 heteroatoms. The van der Waals surface area contributed by atoms with Crippen molar-refractivity contribution in [2.45, 2.75) is 19.4 Å². The number of carboxylic acids is 1. The van der Waals surface area contributed by atoms with Crippen molar-refractivity contribution in [3.63, 3.8) is 0 Å². The summed E-state index contributed by atoms with van der Waals surface area (Å²) in [5, 5.41) is 11.4. The zero-order chi connectivity index (χ0) is 12.7. The number of hydrogen-bond donors (Lipinski definition) is 1. The van der Waals surface area contributed by atoms with Gasteiger partial charge in [0.15, 0.2) is 0 Å². The molecule has 94 valence electrons. The molecule has 2 unspecified atom stereocenters. The molecular formula is C13H14N2O2S. The van der Waals surface area contributed by atoms with Crippen LogP contribution in [0.1, 0.15) is 13.3 Å². The standard InChI is InChI=1S/C13H14N2O2S/c1-8-9(13(16)17)6-7-15(8)12-10-4-2-3-5-11(10)14-18-12/h2-5,8-9H,6-7H2,1H3,(H,16,17). The number of nitrogens with zero attached hydrogens (tertiary/aromatic N) is 2. The molecule has 0 saturated carbocycles. The van der Waals surface area contributed by atoms with Crippen LogP contribution in [0.3, 0.4) is 0 Å². The van der Waals surface area contributed by atoms with Crippen LogP contribution >= 0.6 is 11.5 Å². The maximum absolute atomic E-state index is 11.2. The Morgan fingerprint density at radius 1 is 1.50 bits per heavy atom. The number of fused-ring (bicyclic) bond motifs is 1. The quantitative estimate of drug-likeness (QED) is 0.904. The van der Waals surface area contributed by atoms with Crippen LogP contribution in [0.2, 0.25) is 0 Å². The Kier molecular flexibility index (Phi) is 2.70. The summed E-state index contributed by atoms with van der Waals surface area (Å²) in [6.07, 6.45) is 0.711. The molecule has 1 saturated heterocycles. The Morgan fingerprint density at radius 2 is 2.28 bits per heavy atom. The molecule has 4 nitrogen and oxygen atoms in total. The monoisotopic (exact) mass is 262 g/mol. The minimum absolute atomic E-state index is 0.0337. The average Bonchev–Trinajstić information content (AvgIpc) is 2.92. The second kappa shape index (κ2) is 4.24. The van der Waals surface area contributed by atoms with Gasteiger partial charge in [-0.3, -0.25) is 4.79 Å². The molecule has 3 rings (SSSR count). The molecule has 2 heterocycles. The first kappa shape index (κ1) is 11.5. The van der Waals surface area contributed by atoms with Gasteiger partial charge in [-0.1, -0.05) is 12.1 Å². The zero-order valence-corrected chi connectivity index (χ0v) is 10.9. The molecule has 0 radical (unpaired) electrons. The van der Waals surface area contributed by atoms with Crippen LogP contribution in [0.5, 0.6) is 0 Å². The van der Waals surface area contributed by atoms with E-state index in [2.05, 4.69) is 15.3 Å². The van der Waals surface area contributed by atoms with Gasteiger partial charge in [-0.05, 0) is 37.0 Å². The van der Waals surface area contributed by atoms with E-state index in [1.165, 1.54) is 11.5 Å². The van der Waals surface area contributed by atoms with Gasteiger partial charge >= 0.3 is 5.97 Å². The number of hydrogen-bond acceptors (Lipinski definition) is 4. The summed E-state index contributed by atoms with van der Waals surface area (Å²) in [5.41, 5.74) is 0.989. The van der Waals surface area contributed by atoms with Crippen LogP contribution in [-0.2, 0) is 4.79 Å². The summed E-state index contributed by atoms with van der Waals surface area (Å²) in [6.45, 7) is 2.78. The minimum atomic E-state index is -0.696. The lowest BCUT2D eigenvalue weighted by molar-refractivity contribution is -0.141. The lowest BCUT2D eigenvalue weighted by atomic mass is 10.0. The van der Waals surface area contributed by atoms with E-state index in [1.807, 2.05) is 25.1 Å². The van der Waals surface area contributed by atoms with Gasteiger partial charge in [0.05, 0.1) is 11.4 Å². The average molecular weight is 262 g/mol. The highest BCUT2D eigenvalue weighted by molar-refractivity contribution is 7.11. The fourth-order valence-electron chi connectivity index (χ4n) is 2.64. The van der Waals surface area contributed by atoms with Gasteiger partial charge < -0.3 is 10.0 Å². The van der Waals surface area contributed by atoms with Gasteiger partial charge in [0.25, 0.3) is 0 Å². The molecule has 1 fully saturated rings. The number of carboxylic acid groups (broad SMARTS) is 1. The van der Waals surface area contributed by atoms with E-state index in [1.54, 1.807) is 0 Å². The molecule has 1 aromatic heterocycles. The van der Waals surface area contributed by atoms with Gasteiger partial charge in [0, 0.05) is 18.0 Å². The third-order valence-corrected chi connectivity index (χ3v) is 4.61. The number of aliphatic carboxylic acids is 1.